The first kappa shape index (κ1) is 14.5. The quantitative estimate of drug-likeness (QED) is 0.874. The summed E-state index contributed by atoms with van der Waals surface area (Å²) in [4.78, 5) is 2.22. The zero-order valence-corrected chi connectivity index (χ0v) is 12.4. The van der Waals surface area contributed by atoms with Crippen LogP contribution in [0.5, 0.6) is 0 Å². The Kier molecular flexibility index (Phi) is 4.35. The van der Waals surface area contributed by atoms with Gasteiger partial charge in [-0.25, -0.2) is 4.39 Å². The highest BCUT2D eigenvalue weighted by atomic mass is 32.1. The lowest BCUT2D eigenvalue weighted by molar-refractivity contribution is 0.607. The van der Waals surface area contributed by atoms with Crippen LogP contribution in [0.1, 0.15) is 16.7 Å². The number of nitrogens with zero attached hydrogens (tertiary/aromatic N) is 1. The molecule has 4 heteroatoms. The fourth-order valence-electron chi connectivity index (χ4n) is 2.04. The fraction of sp³-hybridized carbons (Fsp3) is 0.188. The van der Waals surface area contributed by atoms with Crippen molar-refractivity contribution in [2.75, 3.05) is 11.9 Å². The van der Waals surface area contributed by atoms with E-state index in [1.807, 2.05) is 37.1 Å². The van der Waals surface area contributed by atoms with Crippen LogP contribution in [0.4, 0.5) is 10.1 Å². The van der Waals surface area contributed by atoms with Crippen molar-refractivity contribution < 1.29 is 4.39 Å². The van der Waals surface area contributed by atoms with Gasteiger partial charge in [0.2, 0.25) is 0 Å². The third kappa shape index (κ3) is 3.33. The molecule has 0 fully saturated rings. The predicted octanol–water partition coefficient (Wildman–Crippen LogP) is 3.40. The van der Waals surface area contributed by atoms with Gasteiger partial charge in [0.05, 0.1) is 0 Å². The summed E-state index contributed by atoms with van der Waals surface area (Å²) in [5.41, 5.74) is 8.91. The van der Waals surface area contributed by atoms with Gasteiger partial charge >= 0.3 is 0 Å². The van der Waals surface area contributed by atoms with Gasteiger partial charge in [0.15, 0.2) is 0 Å². The molecule has 0 bridgehead atoms. The molecular weight excluding hydrogens is 271 g/mol. The van der Waals surface area contributed by atoms with Crippen LogP contribution in [0.25, 0.3) is 0 Å². The van der Waals surface area contributed by atoms with Gasteiger partial charge in [0.25, 0.3) is 0 Å². The molecule has 104 valence electrons. The number of hydrogen-bond acceptors (Lipinski definition) is 2. The summed E-state index contributed by atoms with van der Waals surface area (Å²) >= 11 is 4.84. The Balaban J connectivity index is 2.19. The molecule has 0 atom stereocenters. The van der Waals surface area contributed by atoms with E-state index in [0.717, 1.165) is 5.69 Å². The second-order valence-electron chi connectivity index (χ2n) is 4.87. The molecule has 0 aliphatic heterocycles. The van der Waals surface area contributed by atoms with Crippen LogP contribution in [-0.2, 0) is 6.54 Å². The number of aryl methyl sites for hydroxylation is 1. The lowest BCUT2D eigenvalue weighted by Gasteiger charge is -2.20. The van der Waals surface area contributed by atoms with Crippen LogP contribution < -0.4 is 10.6 Å². The second kappa shape index (κ2) is 6.01. The maximum Gasteiger partial charge on any atom is 0.128 e. The van der Waals surface area contributed by atoms with Gasteiger partial charge in [0.1, 0.15) is 10.8 Å². The van der Waals surface area contributed by atoms with Crippen molar-refractivity contribution >= 4 is 22.9 Å². The van der Waals surface area contributed by atoms with Gasteiger partial charge in [-0.1, -0.05) is 36.5 Å². The lowest BCUT2D eigenvalue weighted by atomic mass is 10.1. The maximum atomic E-state index is 14.0. The average Bonchev–Trinajstić information content (AvgIpc) is 2.40. The summed E-state index contributed by atoms with van der Waals surface area (Å²) in [6, 6.07) is 13.0. The maximum absolute atomic E-state index is 14.0. The topological polar surface area (TPSA) is 29.3 Å². The first-order chi connectivity index (χ1) is 9.47. The molecule has 2 N–H and O–H groups in total. The number of rotatable bonds is 4. The number of benzene rings is 2. The summed E-state index contributed by atoms with van der Waals surface area (Å²) in [6.45, 7) is 2.53. The normalized spacial score (nSPS) is 10.3. The Labute approximate surface area is 124 Å². The van der Waals surface area contributed by atoms with Crippen molar-refractivity contribution in [1.29, 1.82) is 0 Å². The van der Waals surface area contributed by atoms with E-state index in [0.29, 0.717) is 17.7 Å². The van der Waals surface area contributed by atoms with Crippen LogP contribution in [0, 0.1) is 12.7 Å². The molecule has 0 unspecified atom stereocenters. The van der Waals surface area contributed by atoms with Gasteiger partial charge in [-0.05, 0) is 30.7 Å². The highest BCUT2D eigenvalue weighted by Gasteiger charge is 2.08. The van der Waals surface area contributed by atoms with Crippen molar-refractivity contribution in [3.63, 3.8) is 0 Å². The summed E-state index contributed by atoms with van der Waals surface area (Å²) < 4.78 is 14.0. The van der Waals surface area contributed by atoms with Crippen molar-refractivity contribution in [2.45, 2.75) is 13.5 Å². The lowest BCUT2D eigenvalue weighted by Crippen LogP contribution is -2.18. The van der Waals surface area contributed by atoms with Crippen molar-refractivity contribution in [2.24, 2.45) is 5.73 Å². The molecule has 0 amide bonds. The highest BCUT2D eigenvalue weighted by Crippen LogP contribution is 2.19. The molecule has 0 heterocycles. The van der Waals surface area contributed by atoms with Gasteiger partial charge < -0.3 is 10.6 Å². The minimum absolute atomic E-state index is 0.211. The molecule has 2 aromatic rings. The Bertz CT molecular complexity index is 640. The van der Waals surface area contributed by atoms with Crippen LogP contribution in [0.2, 0.25) is 0 Å². The van der Waals surface area contributed by atoms with Gasteiger partial charge in [-0.3, -0.25) is 0 Å². The molecular formula is C16H17FN2S. The van der Waals surface area contributed by atoms with Crippen LogP contribution in [0.15, 0.2) is 42.5 Å². The van der Waals surface area contributed by atoms with E-state index in [1.54, 1.807) is 12.1 Å². The summed E-state index contributed by atoms with van der Waals surface area (Å²) in [5.74, 6) is -0.283. The molecule has 0 saturated carbocycles. The van der Waals surface area contributed by atoms with E-state index in [1.165, 1.54) is 11.6 Å². The van der Waals surface area contributed by atoms with Gasteiger partial charge in [0, 0.05) is 30.4 Å². The Morgan fingerprint density at radius 2 is 2.00 bits per heavy atom. The molecule has 0 spiro atoms. The highest BCUT2D eigenvalue weighted by molar-refractivity contribution is 7.80. The molecule has 0 radical (unpaired) electrons. The van der Waals surface area contributed by atoms with Crippen LogP contribution in [0.3, 0.4) is 0 Å². The minimum atomic E-state index is -0.283. The Morgan fingerprint density at radius 3 is 2.60 bits per heavy atom. The van der Waals surface area contributed by atoms with Crippen LogP contribution in [-0.4, -0.2) is 12.0 Å². The summed E-state index contributed by atoms with van der Waals surface area (Å²) in [5, 5.41) is 0. The first-order valence-electron chi connectivity index (χ1n) is 6.33. The number of hydrogen-bond donors (Lipinski definition) is 1. The first-order valence-corrected chi connectivity index (χ1v) is 6.74. The molecule has 0 aliphatic carbocycles. The molecule has 0 aliphatic rings. The average molecular weight is 288 g/mol. The van der Waals surface area contributed by atoms with E-state index < -0.39 is 0 Å². The number of halogens is 1. The minimum Gasteiger partial charge on any atom is -0.389 e. The number of thiocarbonyl (C=S) groups is 1. The zero-order valence-electron chi connectivity index (χ0n) is 11.6. The smallest absolute Gasteiger partial charge is 0.128 e. The summed E-state index contributed by atoms with van der Waals surface area (Å²) in [7, 11) is 1.94. The molecule has 0 saturated heterocycles. The number of nitrogens with two attached hydrogens (primary N) is 1. The standard InChI is InChI=1S/C16H17FN2S/c1-11-4-3-5-14(8-11)19(2)10-13-7-6-12(16(18)20)9-15(13)17/h3-9H,10H2,1-2H3,(H2,18,20). The number of anilines is 1. The third-order valence-corrected chi connectivity index (χ3v) is 3.42. The monoisotopic (exact) mass is 288 g/mol. The third-order valence-electron chi connectivity index (χ3n) is 3.19. The zero-order chi connectivity index (χ0) is 14.7. The van der Waals surface area contributed by atoms with E-state index in [-0.39, 0.29) is 10.8 Å². The molecule has 0 aromatic heterocycles. The van der Waals surface area contributed by atoms with Crippen molar-refractivity contribution in [1.82, 2.24) is 0 Å². The predicted molar refractivity (Wildman–Crippen MR) is 85.6 cm³/mol. The van der Waals surface area contributed by atoms with E-state index in [2.05, 4.69) is 6.07 Å². The van der Waals surface area contributed by atoms with E-state index in [4.69, 9.17) is 18.0 Å². The van der Waals surface area contributed by atoms with E-state index in [9.17, 15) is 4.39 Å². The molecule has 20 heavy (non-hydrogen) atoms. The van der Waals surface area contributed by atoms with Crippen molar-refractivity contribution in [3.8, 4) is 0 Å². The SMILES string of the molecule is Cc1cccc(N(C)Cc2ccc(C(N)=S)cc2F)c1. The summed E-state index contributed by atoms with van der Waals surface area (Å²) in [6.07, 6.45) is 0. The van der Waals surface area contributed by atoms with E-state index >= 15 is 0 Å². The second-order valence-corrected chi connectivity index (χ2v) is 5.31. The van der Waals surface area contributed by atoms with Crippen LogP contribution >= 0.6 is 12.2 Å². The van der Waals surface area contributed by atoms with Crippen molar-refractivity contribution in [3.05, 3.63) is 65.0 Å². The largest absolute Gasteiger partial charge is 0.389 e. The fourth-order valence-corrected chi connectivity index (χ4v) is 2.17. The van der Waals surface area contributed by atoms with Gasteiger partial charge in [-0.2, -0.15) is 0 Å². The van der Waals surface area contributed by atoms with Gasteiger partial charge in [-0.15, -0.1) is 0 Å². The Hall–Kier alpha value is -1.94. The molecule has 2 nitrogen and oxygen atoms in total. The molecule has 2 aromatic carbocycles. The molecule has 2 rings (SSSR count). The Morgan fingerprint density at radius 1 is 1.25 bits per heavy atom.